The Morgan fingerprint density at radius 2 is 0.921 bits per heavy atom. The number of para-hydroxylation sites is 1. The quantitative estimate of drug-likeness (QED) is 0.195. The van der Waals surface area contributed by atoms with Crippen LogP contribution in [0.15, 0.2) is 152 Å². The molecule has 0 aliphatic rings. The van der Waals surface area contributed by atoms with Crippen molar-refractivity contribution in [3.63, 3.8) is 0 Å². The highest BCUT2D eigenvalue weighted by Crippen LogP contribution is 2.45. The smallest absolute Gasteiger partial charge is 0.165 e. The minimum Gasteiger partial charge on any atom is -0.308 e. The van der Waals surface area contributed by atoms with E-state index in [1.807, 2.05) is 91.0 Å². The van der Waals surface area contributed by atoms with Crippen molar-refractivity contribution in [2.45, 2.75) is 0 Å². The summed E-state index contributed by atoms with van der Waals surface area (Å²) in [5.41, 5.74) is 10.4. The molecule has 0 saturated carbocycles. The zero-order chi connectivity index (χ0) is 42.7. The number of rotatable bonds is 5. The van der Waals surface area contributed by atoms with Gasteiger partial charge in [0.1, 0.15) is 47.1 Å². The van der Waals surface area contributed by atoms with Gasteiger partial charge in [0.15, 0.2) is 17.5 Å². The maximum absolute atomic E-state index is 7.22. The van der Waals surface area contributed by atoms with Crippen LogP contribution in [0.4, 0.5) is 0 Å². The molecule has 0 atom stereocenters. The van der Waals surface area contributed by atoms with E-state index >= 15 is 0 Å². The van der Waals surface area contributed by atoms with E-state index in [0.717, 1.165) is 91.8 Å². The van der Waals surface area contributed by atoms with E-state index in [9.17, 15) is 0 Å². The Balaban J connectivity index is 1.23. The molecule has 0 N–H and O–H groups in total. The molecule has 12 radical (unpaired) electrons. The second-order valence-electron chi connectivity index (χ2n) is 15.8. The Hall–Kier alpha value is -7.02. The van der Waals surface area contributed by atoms with Crippen LogP contribution in [-0.2, 0) is 0 Å². The summed E-state index contributed by atoms with van der Waals surface area (Å²) in [7, 11) is 41.5. The molecule has 0 spiro atoms. The summed E-state index contributed by atoms with van der Waals surface area (Å²) in [6.45, 7) is 0. The predicted octanol–water partition coefficient (Wildman–Crippen LogP) is 6.20. The third kappa shape index (κ3) is 5.67. The van der Waals surface area contributed by atoms with Gasteiger partial charge in [-0.25, -0.2) is 15.0 Å². The van der Waals surface area contributed by atoms with Crippen LogP contribution >= 0.6 is 11.3 Å². The van der Waals surface area contributed by atoms with Crippen molar-refractivity contribution in [3.8, 4) is 45.5 Å². The highest BCUT2D eigenvalue weighted by molar-refractivity contribution is 7.26. The average Bonchev–Trinajstić information content (AvgIpc) is 3.97. The first-order valence-corrected chi connectivity index (χ1v) is 21.2. The average molecular weight is 805 g/mol. The molecule has 0 saturated heterocycles. The van der Waals surface area contributed by atoms with Crippen LogP contribution in [0.2, 0.25) is 0 Å². The van der Waals surface area contributed by atoms with Gasteiger partial charge in [-0.1, -0.05) is 154 Å². The Morgan fingerprint density at radius 3 is 1.51 bits per heavy atom. The summed E-state index contributed by atoms with van der Waals surface area (Å²) < 4.78 is 6.46. The fourth-order valence-electron chi connectivity index (χ4n) is 9.40. The van der Waals surface area contributed by atoms with Crippen molar-refractivity contribution in [2.24, 2.45) is 0 Å². The van der Waals surface area contributed by atoms with Crippen LogP contribution in [0, 0.1) is 0 Å². The standard InChI is InChI=1S/C51H25B6N5S/c52-28-22-33-40-42(56)43(57)41-34-23-29(53)25-36(55)45(34)62(47(41)46(40)61(44(33)35(54)24-28)30-16-8-3-9-17-30)37-20-11-21-38-39(37)31-18-10-19-32(48(31)63-38)51-59-49(26-12-4-1-5-13-26)58-50(60-51)27-14-6-2-7-15-27/h1-25H. The molecule has 12 rings (SSSR count). The summed E-state index contributed by atoms with van der Waals surface area (Å²) in [6.07, 6.45) is 0. The van der Waals surface area contributed by atoms with E-state index in [0.29, 0.717) is 50.3 Å². The molecule has 0 bridgehead atoms. The molecule has 4 aromatic heterocycles. The van der Waals surface area contributed by atoms with E-state index in [-0.39, 0.29) is 0 Å². The lowest BCUT2D eigenvalue weighted by molar-refractivity contribution is 1.08. The largest absolute Gasteiger partial charge is 0.308 e. The van der Waals surface area contributed by atoms with Gasteiger partial charge in [-0.15, -0.1) is 11.3 Å². The van der Waals surface area contributed by atoms with Crippen LogP contribution < -0.4 is 32.8 Å². The van der Waals surface area contributed by atoms with Crippen molar-refractivity contribution < 1.29 is 0 Å². The first-order chi connectivity index (χ1) is 30.7. The van der Waals surface area contributed by atoms with Crippen LogP contribution in [0.5, 0.6) is 0 Å². The minimum absolute atomic E-state index is 0.405. The van der Waals surface area contributed by atoms with Crippen LogP contribution in [0.25, 0.3) is 109 Å². The highest BCUT2D eigenvalue weighted by Gasteiger charge is 2.27. The van der Waals surface area contributed by atoms with E-state index in [4.69, 9.17) is 62.0 Å². The molecule has 0 aliphatic carbocycles. The van der Waals surface area contributed by atoms with Gasteiger partial charge in [-0.3, -0.25) is 0 Å². The monoisotopic (exact) mass is 805 g/mol. The lowest BCUT2D eigenvalue weighted by Crippen LogP contribution is -2.27. The summed E-state index contributed by atoms with van der Waals surface area (Å²) in [5.74, 6) is 1.76. The summed E-state index contributed by atoms with van der Waals surface area (Å²) in [6, 6.07) is 50.1. The molecule has 8 aromatic carbocycles. The Kier molecular flexibility index (Phi) is 8.54. The van der Waals surface area contributed by atoms with E-state index in [1.54, 1.807) is 23.5 Å². The number of benzene rings is 8. The molecule has 0 amide bonds. The second-order valence-corrected chi connectivity index (χ2v) is 16.8. The first kappa shape index (κ1) is 37.7. The topological polar surface area (TPSA) is 48.5 Å². The second kappa shape index (κ2) is 14.3. The third-order valence-electron chi connectivity index (χ3n) is 12.0. The number of hydrogen-bond acceptors (Lipinski definition) is 4. The Morgan fingerprint density at radius 1 is 0.413 bits per heavy atom. The zero-order valence-electron chi connectivity index (χ0n) is 33.5. The van der Waals surface area contributed by atoms with Crippen molar-refractivity contribution in [1.29, 1.82) is 0 Å². The van der Waals surface area contributed by atoms with Crippen LogP contribution in [0.3, 0.4) is 0 Å². The molecule has 0 unspecified atom stereocenters. The zero-order valence-corrected chi connectivity index (χ0v) is 34.4. The molecule has 12 aromatic rings. The summed E-state index contributed by atoms with van der Waals surface area (Å²) in [4.78, 5) is 15.2. The lowest BCUT2D eigenvalue weighted by atomic mass is 9.74. The van der Waals surface area contributed by atoms with E-state index in [2.05, 4.69) is 57.7 Å². The van der Waals surface area contributed by atoms with Crippen LogP contribution in [-0.4, -0.2) is 71.2 Å². The number of fused-ring (bicyclic) bond motifs is 10. The molecular formula is C51H25B6N5S. The SMILES string of the molecule is [B]c1cc([B])c2c(c1)c1c([B])c([B])c3c4cc([B])cc([B])c4n(-c4cccc5sc6c(-c7nc(-c8ccccc8)nc(-c8ccccc8)n7)cccc6c45)c3c1n2-c1ccccc1. The molecular weight excluding hydrogens is 780 g/mol. The van der Waals surface area contributed by atoms with E-state index in [1.165, 1.54) is 0 Å². The normalized spacial score (nSPS) is 11.9. The molecule has 0 aliphatic heterocycles. The number of thiophene rings is 1. The maximum Gasteiger partial charge on any atom is 0.165 e. The molecule has 63 heavy (non-hydrogen) atoms. The predicted molar refractivity (Wildman–Crippen MR) is 270 cm³/mol. The number of aromatic nitrogens is 5. The molecule has 278 valence electrons. The molecule has 0 fully saturated rings. The van der Waals surface area contributed by atoms with Crippen LogP contribution in [0.1, 0.15) is 0 Å². The van der Waals surface area contributed by atoms with Crippen molar-refractivity contribution >= 4 is 155 Å². The third-order valence-corrected chi connectivity index (χ3v) is 13.2. The van der Waals surface area contributed by atoms with Gasteiger partial charge in [0.2, 0.25) is 0 Å². The molecule has 5 nitrogen and oxygen atoms in total. The minimum atomic E-state index is 0.405. The fraction of sp³-hybridized carbons (Fsp3) is 0. The highest BCUT2D eigenvalue weighted by atomic mass is 32.1. The fourth-order valence-corrected chi connectivity index (χ4v) is 10.6. The van der Waals surface area contributed by atoms with E-state index < -0.39 is 0 Å². The molecule has 12 heteroatoms. The Labute approximate surface area is 374 Å². The van der Waals surface area contributed by atoms with Crippen molar-refractivity contribution in [3.05, 3.63) is 152 Å². The van der Waals surface area contributed by atoms with Gasteiger partial charge >= 0.3 is 0 Å². The number of hydrogen-bond donors (Lipinski definition) is 0. The lowest BCUT2D eigenvalue weighted by Gasteiger charge is -2.16. The molecule has 4 heterocycles. The van der Waals surface area contributed by atoms with Gasteiger partial charge in [-0.2, -0.15) is 0 Å². The van der Waals surface area contributed by atoms with Gasteiger partial charge in [0, 0.05) is 75.1 Å². The first-order valence-electron chi connectivity index (χ1n) is 20.4. The Bertz CT molecular complexity index is 3810. The van der Waals surface area contributed by atoms with Crippen molar-refractivity contribution in [2.75, 3.05) is 0 Å². The maximum atomic E-state index is 7.22. The number of nitrogens with zero attached hydrogens (tertiary/aromatic N) is 5. The van der Waals surface area contributed by atoms with Gasteiger partial charge in [-0.05, 0) is 30.3 Å². The summed E-state index contributed by atoms with van der Waals surface area (Å²) in [5, 5.41) is 5.06. The van der Waals surface area contributed by atoms with Gasteiger partial charge in [0.05, 0.1) is 16.7 Å². The van der Waals surface area contributed by atoms with Gasteiger partial charge in [0.25, 0.3) is 0 Å². The van der Waals surface area contributed by atoms with Crippen molar-refractivity contribution in [1.82, 2.24) is 24.1 Å². The van der Waals surface area contributed by atoms with Gasteiger partial charge < -0.3 is 9.13 Å². The summed E-state index contributed by atoms with van der Waals surface area (Å²) >= 11 is 1.69.